The molecule has 34 heavy (non-hydrogen) atoms. The van der Waals surface area contributed by atoms with E-state index in [0.29, 0.717) is 16.6 Å². The van der Waals surface area contributed by atoms with Crippen LogP contribution in [0.4, 0.5) is 5.13 Å². The first kappa shape index (κ1) is 24.1. The fourth-order valence-electron chi connectivity index (χ4n) is 3.73. The Kier molecular flexibility index (Phi) is 7.44. The van der Waals surface area contributed by atoms with E-state index in [1.807, 2.05) is 43.3 Å². The minimum absolute atomic E-state index is 0.0688. The highest BCUT2D eigenvalue weighted by Gasteiger charge is 2.22. The number of carbonyl (C=O) groups is 1. The molecule has 0 N–H and O–H groups in total. The molecule has 0 spiro atoms. The molecule has 5 nitrogen and oxygen atoms in total. The third-order valence-corrected chi connectivity index (χ3v) is 8.61. The third-order valence-electron chi connectivity index (χ3n) is 5.75. The average Bonchev–Trinajstić information content (AvgIpc) is 3.26. The van der Waals surface area contributed by atoms with Gasteiger partial charge in [0.05, 0.1) is 27.4 Å². The summed E-state index contributed by atoms with van der Waals surface area (Å²) >= 11 is 1.50. The van der Waals surface area contributed by atoms with Gasteiger partial charge in [-0.1, -0.05) is 72.4 Å². The Hall–Kier alpha value is -3.03. The van der Waals surface area contributed by atoms with E-state index in [-0.39, 0.29) is 24.5 Å². The standard InChI is InChI=1S/C27H28N2O3S2/c1-3-21-13-16-24-25(18-21)33-27(28-24)29(19-22-8-5-4-6-9-22)26(30)10-7-17-34(31,32)23-14-11-20(2)12-15-23/h4-6,8-9,11-16,18H,3,7,10,17,19H2,1-2H3. The summed E-state index contributed by atoms with van der Waals surface area (Å²) in [5, 5.41) is 0.637. The molecule has 0 bridgehead atoms. The molecule has 1 heterocycles. The highest BCUT2D eigenvalue weighted by molar-refractivity contribution is 7.91. The van der Waals surface area contributed by atoms with Gasteiger partial charge in [0, 0.05) is 6.42 Å². The predicted octanol–water partition coefficient (Wildman–Crippen LogP) is 5.95. The van der Waals surface area contributed by atoms with Crippen molar-refractivity contribution in [3.05, 3.63) is 89.5 Å². The van der Waals surface area contributed by atoms with Gasteiger partial charge in [0.1, 0.15) is 0 Å². The van der Waals surface area contributed by atoms with E-state index >= 15 is 0 Å². The van der Waals surface area contributed by atoms with Crippen LogP contribution in [0.3, 0.4) is 0 Å². The summed E-state index contributed by atoms with van der Waals surface area (Å²) in [6.45, 7) is 4.42. The van der Waals surface area contributed by atoms with Crippen molar-refractivity contribution in [2.45, 2.75) is 44.6 Å². The van der Waals surface area contributed by atoms with Crippen molar-refractivity contribution in [3.63, 3.8) is 0 Å². The number of hydrogen-bond donors (Lipinski definition) is 0. The monoisotopic (exact) mass is 492 g/mol. The molecular formula is C27H28N2O3S2. The Labute approximate surface area is 205 Å². The van der Waals surface area contributed by atoms with Crippen LogP contribution in [0.15, 0.2) is 77.7 Å². The highest BCUT2D eigenvalue weighted by Crippen LogP contribution is 2.31. The molecule has 4 rings (SSSR count). The summed E-state index contributed by atoms with van der Waals surface area (Å²) in [6, 6.07) is 22.8. The number of aryl methyl sites for hydroxylation is 2. The van der Waals surface area contributed by atoms with Gasteiger partial charge in [-0.2, -0.15) is 0 Å². The van der Waals surface area contributed by atoms with Gasteiger partial charge in [0.15, 0.2) is 15.0 Å². The van der Waals surface area contributed by atoms with Gasteiger partial charge in [-0.05, 0) is 55.2 Å². The van der Waals surface area contributed by atoms with Crippen LogP contribution in [0.25, 0.3) is 10.2 Å². The van der Waals surface area contributed by atoms with Crippen LogP contribution in [0.5, 0.6) is 0 Å². The lowest BCUT2D eigenvalue weighted by Crippen LogP contribution is -2.30. The van der Waals surface area contributed by atoms with Crippen molar-refractivity contribution in [2.75, 3.05) is 10.7 Å². The van der Waals surface area contributed by atoms with Crippen LogP contribution in [0.1, 0.15) is 36.5 Å². The van der Waals surface area contributed by atoms with E-state index in [1.165, 1.54) is 16.9 Å². The van der Waals surface area contributed by atoms with Gasteiger partial charge in [-0.3, -0.25) is 9.69 Å². The highest BCUT2D eigenvalue weighted by atomic mass is 32.2. The van der Waals surface area contributed by atoms with Crippen molar-refractivity contribution < 1.29 is 13.2 Å². The molecule has 0 aliphatic heterocycles. The molecule has 0 fully saturated rings. The lowest BCUT2D eigenvalue weighted by molar-refractivity contribution is -0.118. The lowest BCUT2D eigenvalue weighted by Gasteiger charge is -2.20. The zero-order valence-corrected chi connectivity index (χ0v) is 21.0. The summed E-state index contributed by atoms with van der Waals surface area (Å²) in [6.07, 6.45) is 1.32. The number of anilines is 1. The second-order valence-corrected chi connectivity index (χ2v) is 11.5. The fourth-order valence-corrected chi connectivity index (χ4v) is 6.09. The molecule has 4 aromatic rings. The van der Waals surface area contributed by atoms with E-state index < -0.39 is 9.84 Å². The molecule has 0 unspecified atom stereocenters. The molecule has 0 atom stereocenters. The summed E-state index contributed by atoms with van der Waals surface area (Å²) in [4.78, 5) is 20.0. The topological polar surface area (TPSA) is 67.3 Å². The third kappa shape index (κ3) is 5.72. The van der Waals surface area contributed by atoms with Gasteiger partial charge in [-0.25, -0.2) is 13.4 Å². The maximum absolute atomic E-state index is 13.3. The zero-order chi connectivity index (χ0) is 24.1. The molecule has 7 heteroatoms. The van der Waals surface area contributed by atoms with E-state index in [9.17, 15) is 13.2 Å². The Bertz CT molecular complexity index is 1380. The summed E-state index contributed by atoms with van der Waals surface area (Å²) in [7, 11) is -3.43. The molecular weight excluding hydrogens is 464 g/mol. The fraction of sp³-hybridized carbons (Fsp3) is 0.259. The van der Waals surface area contributed by atoms with Gasteiger partial charge in [0.2, 0.25) is 5.91 Å². The van der Waals surface area contributed by atoms with E-state index in [0.717, 1.165) is 27.8 Å². The van der Waals surface area contributed by atoms with Crippen LogP contribution in [-0.2, 0) is 27.6 Å². The molecule has 0 saturated heterocycles. The van der Waals surface area contributed by atoms with Crippen molar-refractivity contribution >= 4 is 42.4 Å². The molecule has 176 valence electrons. The Morgan fingerprint density at radius 2 is 1.71 bits per heavy atom. The number of sulfone groups is 1. The quantitative estimate of drug-likeness (QED) is 0.289. The van der Waals surface area contributed by atoms with Crippen molar-refractivity contribution in [2.24, 2.45) is 0 Å². The van der Waals surface area contributed by atoms with E-state index in [2.05, 4.69) is 19.1 Å². The molecule has 3 aromatic carbocycles. The van der Waals surface area contributed by atoms with Gasteiger partial charge in [-0.15, -0.1) is 0 Å². The molecule has 0 saturated carbocycles. The summed E-state index contributed by atoms with van der Waals surface area (Å²) in [5.41, 5.74) is 4.10. The first-order valence-electron chi connectivity index (χ1n) is 11.4. The second-order valence-electron chi connectivity index (χ2n) is 8.35. The summed E-state index contributed by atoms with van der Waals surface area (Å²) in [5.74, 6) is -0.196. The Morgan fingerprint density at radius 1 is 0.971 bits per heavy atom. The Balaban J connectivity index is 1.53. The first-order chi connectivity index (χ1) is 16.4. The maximum Gasteiger partial charge on any atom is 0.229 e. The van der Waals surface area contributed by atoms with Crippen LogP contribution in [0, 0.1) is 6.92 Å². The number of nitrogens with zero attached hydrogens (tertiary/aromatic N) is 2. The number of amides is 1. The number of aromatic nitrogens is 1. The number of thiazole rings is 1. The molecule has 0 aliphatic rings. The normalized spacial score (nSPS) is 11.6. The summed E-state index contributed by atoms with van der Waals surface area (Å²) < 4.78 is 26.4. The second kappa shape index (κ2) is 10.5. The minimum atomic E-state index is -3.43. The van der Waals surface area contributed by atoms with Gasteiger partial charge < -0.3 is 0 Å². The van der Waals surface area contributed by atoms with Crippen molar-refractivity contribution in [3.8, 4) is 0 Å². The Morgan fingerprint density at radius 3 is 2.41 bits per heavy atom. The molecule has 0 aliphatic carbocycles. The molecule has 1 aromatic heterocycles. The number of fused-ring (bicyclic) bond motifs is 1. The number of carbonyl (C=O) groups excluding carboxylic acids is 1. The largest absolute Gasteiger partial charge is 0.284 e. The molecule has 1 amide bonds. The zero-order valence-electron chi connectivity index (χ0n) is 19.4. The van der Waals surface area contributed by atoms with E-state index in [4.69, 9.17) is 4.98 Å². The van der Waals surface area contributed by atoms with Crippen LogP contribution in [0.2, 0.25) is 0 Å². The lowest BCUT2D eigenvalue weighted by atomic mass is 10.2. The number of rotatable bonds is 9. The van der Waals surface area contributed by atoms with Crippen molar-refractivity contribution in [1.82, 2.24) is 4.98 Å². The SMILES string of the molecule is CCc1ccc2nc(N(Cc3ccccc3)C(=O)CCCS(=O)(=O)c3ccc(C)cc3)sc2c1. The predicted molar refractivity (Wildman–Crippen MR) is 139 cm³/mol. The van der Waals surface area contributed by atoms with Gasteiger partial charge >= 0.3 is 0 Å². The molecule has 0 radical (unpaired) electrons. The van der Waals surface area contributed by atoms with Crippen molar-refractivity contribution in [1.29, 1.82) is 0 Å². The maximum atomic E-state index is 13.3. The van der Waals surface area contributed by atoms with Gasteiger partial charge in [0.25, 0.3) is 0 Å². The number of hydrogen-bond acceptors (Lipinski definition) is 5. The smallest absolute Gasteiger partial charge is 0.229 e. The van der Waals surface area contributed by atoms with Crippen LogP contribution < -0.4 is 4.90 Å². The number of benzene rings is 3. The van der Waals surface area contributed by atoms with Crippen LogP contribution in [-0.4, -0.2) is 25.1 Å². The first-order valence-corrected chi connectivity index (χ1v) is 13.9. The van der Waals surface area contributed by atoms with Crippen LogP contribution >= 0.6 is 11.3 Å². The minimum Gasteiger partial charge on any atom is -0.284 e. The van der Waals surface area contributed by atoms with E-state index in [1.54, 1.807) is 29.2 Å². The average molecular weight is 493 g/mol.